The number of halogens is 1. The Balaban J connectivity index is 1.41. The van der Waals surface area contributed by atoms with E-state index in [1.165, 1.54) is 6.20 Å². The Hall–Kier alpha value is -3.46. The van der Waals surface area contributed by atoms with E-state index in [4.69, 9.17) is 4.99 Å². The van der Waals surface area contributed by atoms with Gasteiger partial charge in [0.05, 0.1) is 11.1 Å². The summed E-state index contributed by atoms with van der Waals surface area (Å²) in [6.45, 7) is 4.51. The Morgan fingerprint density at radius 3 is 2.85 bits per heavy atom. The van der Waals surface area contributed by atoms with Crippen molar-refractivity contribution in [1.82, 2.24) is 29.9 Å². The largest absolute Gasteiger partial charge is 0.334 e. The van der Waals surface area contributed by atoms with Crippen molar-refractivity contribution >= 4 is 11.7 Å². The zero-order valence-corrected chi connectivity index (χ0v) is 18.8. The number of hydrogen-bond acceptors (Lipinski definition) is 7. The maximum absolute atomic E-state index is 13.8. The Kier molecular flexibility index (Phi) is 5.72. The predicted octanol–water partition coefficient (Wildman–Crippen LogP) is 3.69. The average Bonchev–Trinajstić information content (AvgIpc) is 3.22. The first-order chi connectivity index (χ1) is 16.0. The molecule has 0 saturated carbocycles. The van der Waals surface area contributed by atoms with E-state index in [1.54, 1.807) is 18.5 Å². The molecule has 1 amide bonds. The fourth-order valence-electron chi connectivity index (χ4n) is 4.64. The Morgan fingerprint density at radius 2 is 2.03 bits per heavy atom. The van der Waals surface area contributed by atoms with E-state index in [1.807, 2.05) is 42.0 Å². The Bertz CT molecular complexity index is 1160. The summed E-state index contributed by atoms with van der Waals surface area (Å²) in [5.41, 5.74) is 3.43. The number of piperidine rings is 1. The van der Waals surface area contributed by atoms with Crippen molar-refractivity contribution < 1.29 is 9.28 Å². The van der Waals surface area contributed by atoms with Gasteiger partial charge in [0.1, 0.15) is 11.4 Å². The first-order valence-electron chi connectivity index (χ1n) is 11.2. The molecule has 1 atom stereocenters. The molecule has 9 heteroatoms. The van der Waals surface area contributed by atoms with Crippen LogP contribution in [0.4, 0.5) is 4.48 Å². The van der Waals surface area contributed by atoms with Crippen LogP contribution in [0.2, 0.25) is 0 Å². The van der Waals surface area contributed by atoms with Gasteiger partial charge in [-0.2, -0.15) is 10.1 Å². The molecule has 3 aliphatic rings. The van der Waals surface area contributed by atoms with Crippen molar-refractivity contribution in [1.29, 1.82) is 0 Å². The molecule has 5 rings (SSSR count). The number of amidine groups is 1. The van der Waals surface area contributed by atoms with Crippen molar-refractivity contribution in [2.45, 2.75) is 45.6 Å². The van der Waals surface area contributed by atoms with Gasteiger partial charge in [-0.3, -0.25) is 4.79 Å². The van der Waals surface area contributed by atoms with Crippen LogP contribution in [-0.2, 0) is 0 Å². The summed E-state index contributed by atoms with van der Waals surface area (Å²) in [5.74, 6) is 1.15. The quantitative estimate of drug-likeness (QED) is 0.528. The monoisotopic (exact) mass is 447 g/mol. The summed E-state index contributed by atoms with van der Waals surface area (Å²) in [5, 5.41) is 0.654. The number of aliphatic imine (C=N–C) groups is 1. The summed E-state index contributed by atoms with van der Waals surface area (Å²) < 4.78 is 13.8. The third-order valence-corrected chi connectivity index (χ3v) is 6.18. The fourth-order valence-corrected chi connectivity index (χ4v) is 4.64. The van der Waals surface area contributed by atoms with Crippen LogP contribution in [0.25, 0.3) is 11.4 Å². The third-order valence-electron chi connectivity index (χ3n) is 6.18. The summed E-state index contributed by atoms with van der Waals surface area (Å²) in [6.07, 6.45) is 10.2. The van der Waals surface area contributed by atoms with Gasteiger partial charge in [0.2, 0.25) is 6.67 Å². The Morgan fingerprint density at radius 1 is 1.21 bits per heavy atom. The predicted molar refractivity (Wildman–Crippen MR) is 123 cm³/mol. The summed E-state index contributed by atoms with van der Waals surface area (Å²) in [7, 11) is 0. The van der Waals surface area contributed by atoms with Gasteiger partial charge in [0, 0.05) is 43.3 Å². The van der Waals surface area contributed by atoms with Crippen LogP contribution < -0.4 is 4.90 Å². The number of likely N-dealkylation sites (tertiary alicyclic amines) is 1. The molecule has 1 saturated heterocycles. The number of pyridine rings is 1. The highest BCUT2D eigenvalue weighted by molar-refractivity contribution is 6.03. The minimum atomic E-state index is -0.110. The lowest BCUT2D eigenvalue weighted by molar-refractivity contribution is 0.0607. The highest BCUT2D eigenvalue weighted by atomic mass is 19.2. The van der Waals surface area contributed by atoms with E-state index < -0.39 is 0 Å². The molecule has 0 unspecified atom stereocenters. The number of carbonyl (C=O) groups is 1. The minimum absolute atomic E-state index is 0.000761. The van der Waals surface area contributed by atoms with Crippen LogP contribution in [0, 0.1) is 6.92 Å². The number of fused-ring (bicyclic) bond motifs is 1. The number of carbonyl (C=O) groups excluding carboxylic acids is 1. The van der Waals surface area contributed by atoms with Gasteiger partial charge in [-0.15, -0.1) is 0 Å². The third kappa shape index (κ3) is 4.28. The van der Waals surface area contributed by atoms with Crippen LogP contribution in [0.1, 0.15) is 48.8 Å². The van der Waals surface area contributed by atoms with Crippen LogP contribution in [-0.4, -0.2) is 56.0 Å². The van der Waals surface area contributed by atoms with E-state index in [-0.39, 0.29) is 18.6 Å². The molecule has 0 aliphatic carbocycles. The molecular formula is C24H26FN7O+. The maximum atomic E-state index is 13.8. The first kappa shape index (κ1) is 21.4. The number of rotatable bonds is 4. The summed E-state index contributed by atoms with van der Waals surface area (Å²) in [4.78, 5) is 35.5. The zero-order chi connectivity index (χ0) is 22.9. The van der Waals surface area contributed by atoms with E-state index >= 15 is 0 Å². The number of hydrogen-bond donors (Lipinski definition) is 0. The van der Waals surface area contributed by atoms with Crippen LogP contribution in [0.3, 0.4) is 0 Å². The second-order valence-electron chi connectivity index (χ2n) is 8.65. The topological polar surface area (TPSA) is 80.5 Å². The van der Waals surface area contributed by atoms with Crippen LogP contribution >= 0.6 is 0 Å². The van der Waals surface area contributed by atoms with Crippen molar-refractivity contribution in [3.63, 3.8) is 0 Å². The van der Waals surface area contributed by atoms with Crippen LogP contribution in [0.5, 0.6) is 0 Å². The minimum Gasteiger partial charge on any atom is -0.334 e. The molecule has 169 valence electrons. The second-order valence-corrected chi connectivity index (χ2v) is 8.65. The lowest BCUT2D eigenvalue weighted by atomic mass is 9.97. The van der Waals surface area contributed by atoms with Gasteiger partial charge in [-0.1, -0.05) is 9.38 Å². The molecule has 1 fully saturated rings. The summed E-state index contributed by atoms with van der Waals surface area (Å²) >= 11 is 0. The Labute approximate surface area is 192 Å². The summed E-state index contributed by atoms with van der Waals surface area (Å²) in [6, 6.07) is 5.48. The number of aromatic nitrogens is 3. The van der Waals surface area contributed by atoms with Crippen molar-refractivity contribution in [2.75, 3.05) is 13.2 Å². The number of aryl methyl sites for hydroxylation is 1. The van der Waals surface area contributed by atoms with Gasteiger partial charge >= 0.3 is 0 Å². The van der Waals surface area contributed by atoms with Gasteiger partial charge < -0.3 is 4.90 Å². The van der Waals surface area contributed by atoms with E-state index in [9.17, 15) is 9.28 Å². The van der Waals surface area contributed by atoms with Crippen molar-refractivity contribution in [3.8, 4) is 11.4 Å². The molecule has 8 nitrogen and oxygen atoms in total. The van der Waals surface area contributed by atoms with Crippen molar-refractivity contribution in [3.05, 3.63) is 65.7 Å². The van der Waals surface area contributed by atoms with E-state index in [0.717, 1.165) is 42.1 Å². The molecule has 0 aromatic carbocycles. The normalized spacial score (nSPS) is 20.8. The average molecular weight is 448 g/mol. The molecule has 33 heavy (non-hydrogen) atoms. The molecule has 5 heterocycles. The number of nitrogens with zero attached hydrogens (tertiary/aromatic N) is 7. The molecule has 2 aromatic heterocycles. The van der Waals surface area contributed by atoms with E-state index in [0.29, 0.717) is 35.2 Å². The standard InChI is InChI=1S/C24H26FN7O/c1-16-13-31(25)15-30-14-18(29-23(16)30)12-19-6-3-4-11-32(19)24(33)21-20(8-7-17(2)28-21)22-26-9-5-10-27-22/h5,7-10,13-14,19H,3-4,6,11-12,15H2,1-2H3/q+1/t19-/m0/s1. The van der Waals surface area contributed by atoms with Gasteiger partial charge in [-0.05, 0) is 51.3 Å². The smallest absolute Gasteiger partial charge is 0.288 e. The highest BCUT2D eigenvalue weighted by Gasteiger charge is 2.38. The molecular weight excluding hydrogens is 421 g/mol. The first-order valence-corrected chi connectivity index (χ1v) is 11.2. The molecule has 0 spiro atoms. The molecule has 0 N–H and O–H groups in total. The van der Waals surface area contributed by atoms with Gasteiger partial charge in [0.15, 0.2) is 12.0 Å². The lowest BCUT2D eigenvalue weighted by Gasteiger charge is -2.35. The van der Waals surface area contributed by atoms with Gasteiger partial charge in [-0.25, -0.2) is 15.0 Å². The van der Waals surface area contributed by atoms with Gasteiger partial charge in [0.25, 0.3) is 11.7 Å². The van der Waals surface area contributed by atoms with Crippen LogP contribution in [0.15, 0.2) is 59.3 Å². The fraction of sp³-hybridized carbons (Fsp3) is 0.375. The molecule has 2 aromatic rings. The molecule has 1 radical (unpaired) electrons. The zero-order valence-electron chi connectivity index (χ0n) is 18.8. The second kappa shape index (κ2) is 8.82. The highest BCUT2D eigenvalue weighted by Crippen LogP contribution is 2.30. The molecule has 3 aliphatic heterocycles. The van der Waals surface area contributed by atoms with E-state index in [2.05, 4.69) is 15.0 Å². The number of amides is 1. The SMILES string of the molecule is CC1=CN(F)C[N+]2C=C(C[C@@H]3CCCCN3C(=O)c3nc(C)ccc3-c3ncccn3)N=C12. The molecule has 0 bridgehead atoms. The maximum Gasteiger partial charge on any atom is 0.288 e. The lowest BCUT2D eigenvalue weighted by Crippen LogP contribution is -2.44. The van der Waals surface area contributed by atoms with Crippen molar-refractivity contribution in [2.24, 2.45) is 4.99 Å².